The number of benzene rings is 2. The fourth-order valence-corrected chi connectivity index (χ4v) is 3.16. The summed E-state index contributed by atoms with van der Waals surface area (Å²) in [5, 5.41) is 2.99. The molecule has 0 saturated heterocycles. The van der Waals surface area contributed by atoms with Gasteiger partial charge in [0.25, 0.3) is 0 Å². The molecule has 1 N–H and O–H groups in total. The topological polar surface area (TPSA) is 82.3 Å². The molecule has 3 aromatic rings. The summed E-state index contributed by atoms with van der Waals surface area (Å²) in [5.74, 6) is 0.0214. The summed E-state index contributed by atoms with van der Waals surface area (Å²) in [6.07, 6.45) is 2.91. The Morgan fingerprint density at radius 3 is 2.52 bits per heavy atom. The Morgan fingerprint density at radius 1 is 1.07 bits per heavy atom. The standard InChI is InChI=1S/C21H20ClN3O4/c1-13-4-5-14(2)17(10-13)25-9-8-24(20(27)21(25)28)12-19(26)23-15-6-7-18(29-3)16(22)11-15/h4-11H,12H2,1-3H3,(H,23,26). The Bertz CT molecular complexity index is 1200. The smallest absolute Gasteiger partial charge is 0.320 e. The molecule has 0 radical (unpaired) electrons. The van der Waals surface area contributed by atoms with Crippen molar-refractivity contribution < 1.29 is 9.53 Å². The molecule has 29 heavy (non-hydrogen) atoms. The molecule has 0 spiro atoms. The summed E-state index contributed by atoms with van der Waals surface area (Å²) in [6.45, 7) is 3.47. The number of carbonyl (C=O) groups excluding carboxylic acids is 1. The number of aryl methyl sites for hydroxylation is 2. The van der Waals surface area contributed by atoms with Crippen molar-refractivity contribution in [1.29, 1.82) is 0 Å². The third-order valence-corrected chi connectivity index (χ3v) is 4.73. The zero-order valence-corrected chi connectivity index (χ0v) is 17.0. The lowest BCUT2D eigenvalue weighted by Crippen LogP contribution is -2.41. The van der Waals surface area contributed by atoms with Gasteiger partial charge in [-0.15, -0.1) is 0 Å². The number of nitrogens with zero attached hydrogens (tertiary/aromatic N) is 2. The minimum absolute atomic E-state index is 0.300. The van der Waals surface area contributed by atoms with Crippen molar-refractivity contribution >= 4 is 23.2 Å². The maximum Gasteiger partial charge on any atom is 0.320 e. The van der Waals surface area contributed by atoms with Gasteiger partial charge in [-0.1, -0.05) is 23.7 Å². The molecule has 7 nitrogen and oxygen atoms in total. The van der Waals surface area contributed by atoms with Crippen LogP contribution in [0.3, 0.4) is 0 Å². The normalized spacial score (nSPS) is 10.6. The van der Waals surface area contributed by atoms with E-state index in [0.717, 1.165) is 15.7 Å². The predicted octanol–water partition coefficient (Wildman–Crippen LogP) is 2.92. The first kappa shape index (κ1) is 20.4. The number of nitrogens with one attached hydrogen (secondary N) is 1. The van der Waals surface area contributed by atoms with E-state index in [1.807, 2.05) is 32.0 Å². The number of ether oxygens (including phenoxy) is 1. The van der Waals surface area contributed by atoms with Crippen LogP contribution in [0.2, 0.25) is 5.02 Å². The van der Waals surface area contributed by atoms with Crippen LogP contribution in [-0.4, -0.2) is 22.2 Å². The van der Waals surface area contributed by atoms with Gasteiger partial charge in [-0.2, -0.15) is 0 Å². The molecule has 0 saturated carbocycles. The zero-order chi connectivity index (χ0) is 21.1. The molecule has 0 aliphatic carbocycles. The lowest BCUT2D eigenvalue weighted by Gasteiger charge is -2.12. The number of amides is 1. The number of hydrogen-bond donors (Lipinski definition) is 1. The molecule has 0 unspecified atom stereocenters. The molecule has 150 valence electrons. The van der Waals surface area contributed by atoms with Crippen LogP contribution in [0.5, 0.6) is 5.75 Å². The third kappa shape index (κ3) is 4.41. The first-order valence-corrected chi connectivity index (χ1v) is 9.21. The van der Waals surface area contributed by atoms with Gasteiger partial charge in [0.1, 0.15) is 12.3 Å². The number of carbonyl (C=O) groups is 1. The average molecular weight is 414 g/mol. The van der Waals surface area contributed by atoms with Gasteiger partial charge in [-0.05, 0) is 49.2 Å². The van der Waals surface area contributed by atoms with Crippen molar-refractivity contribution in [3.63, 3.8) is 0 Å². The van der Waals surface area contributed by atoms with Crippen molar-refractivity contribution in [3.05, 3.63) is 85.6 Å². The van der Waals surface area contributed by atoms with E-state index in [2.05, 4.69) is 5.32 Å². The van der Waals surface area contributed by atoms with Gasteiger partial charge in [0, 0.05) is 18.1 Å². The Balaban J connectivity index is 1.83. The lowest BCUT2D eigenvalue weighted by atomic mass is 10.1. The number of halogens is 1. The van der Waals surface area contributed by atoms with Gasteiger partial charge in [0.05, 0.1) is 17.8 Å². The molecule has 0 aliphatic rings. The summed E-state index contributed by atoms with van der Waals surface area (Å²) in [4.78, 5) is 37.4. The molecular formula is C21H20ClN3O4. The minimum Gasteiger partial charge on any atom is -0.495 e. The number of rotatable bonds is 5. The van der Waals surface area contributed by atoms with Gasteiger partial charge in [0.15, 0.2) is 0 Å². The van der Waals surface area contributed by atoms with Crippen LogP contribution in [0.4, 0.5) is 5.69 Å². The first-order chi connectivity index (χ1) is 13.8. The SMILES string of the molecule is COc1ccc(NC(=O)Cn2ccn(-c3cc(C)ccc3C)c(=O)c2=O)cc1Cl. The van der Waals surface area contributed by atoms with Crippen LogP contribution in [-0.2, 0) is 11.3 Å². The quantitative estimate of drug-likeness (QED) is 0.652. The van der Waals surface area contributed by atoms with Crippen molar-refractivity contribution in [1.82, 2.24) is 9.13 Å². The van der Waals surface area contributed by atoms with Crippen LogP contribution < -0.4 is 21.2 Å². The van der Waals surface area contributed by atoms with E-state index in [-0.39, 0.29) is 6.54 Å². The predicted molar refractivity (Wildman–Crippen MR) is 112 cm³/mol. The first-order valence-electron chi connectivity index (χ1n) is 8.83. The summed E-state index contributed by atoms with van der Waals surface area (Å²) in [5.41, 5.74) is 1.43. The van der Waals surface area contributed by atoms with Crippen molar-refractivity contribution in [3.8, 4) is 11.4 Å². The Morgan fingerprint density at radius 2 is 1.83 bits per heavy atom. The van der Waals surface area contributed by atoms with Gasteiger partial charge in [0.2, 0.25) is 5.91 Å². The molecule has 8 heteroatoms. The van der Waals surface area contributed by atoms with Crippen molar-refractivity contribution in [2.75, 3.05) is 12.4 Å². The highest BCUT2D eigenvalue weighted by molar-refractivity contribution is 6.32. The summed E-state index contributed by atoms with van der Waals surface area (Å²) in [7, 11) is 1.49. The summed E-state index contributed by atoms with van der Waals surface area (Å²) in [6, 6.07) is 10.4. The van der Waals surface area contributed by atoms with E-state index in [1.54, 1.807) is 18.2 Å². The van der Waals surface area contributed by atoms with E-state index >= 15 is 0 Å². The summed E-state index contributed by atoms with van der Waals surface area (Å²) >= 11 is 6.04. The molecule has 2 aromatic carbocycles. The third-order valence-electron chi connectivity index (χ3n) is 4.43. The largest absolute Gasteiger partial charge is 0.495 e. The second-order valence-corrected chi connectivity index (χ2v) is 7.00. The zero-order valence-electron chi connectivity index (χ0n) is 16.2. The van der Waals surface area contributed by atoms with Crippen molar-refractivity contribution in [2.24, 2.45) is 0 Å². The van der Waals surface area contributed by atoms with Crippen LogP contribution in [0.25, 0.3) is 5.69 Å². The van der Waals surface area contributed by atoms with E-state index < -0.39 is 17.0 Å². The number of methoxy groups -OCH3 is 1. The van der Waals surface area contributed by atoms with Gasteiger partial charge >= 0.3 is 11.1 Å². The second-order valence-electron chi connectivity index (χ2n) is 6.59. The van der Waals surface area contributed by atoms with E-state index in [4.69, 9.17) is 16.3 Å². The van der Waals surface area contributed by atoms with Crippen LogP contribution >= 0.6 is 11.6 Å². The van der Waals surface area contributed by atoms with Crippen LogP contribution in [0, 0.1) is 13.8 Å². The van der Waals surface area contributed by atoms with Gasteiger partial charge < -0.3 is 10.1 Å². The Hall–Kier alpha value is -3.32. The monoisotopic (exact) mass is 413 g/mol. The number of hydrogen-bond acceptors (Lipinski definition) is 4. The highest BCUT2D eigenvalue weighted by Crippen LogP contribution is 2.27. The van der Waals surface area contributed by atoms with Crippen LogP contribution in [0.15, 0.2) is 58.4 Å². The molecule has 0 aliphatic heterocycles. The van der Waals surface area contributed by atoms with Crippen molar-refractivity contribution in [2.45, 2.75) is 20.4 Å². The van der Waals surface area contributed by atoms with Gasteiger partial charge in [-0.25, -0.2) is 0 Å². The lowest BCUT2D eigenvalue weighted by molar-refractivity contribution is -0.116. The molecule has 1 aromatic heterocycles. The molecule has 3 rings (SSSR count). The molecule has 1 heterocycles. The molecule has 1 amide bonds. The fourth-order valence-electron chi connectivity index (χ4n) is 2.90. The maximum atomic E-state index is 12.6. The molecule has 0 atom stereocenters. The van der Waals surface area contributed by atoms with Gasteiger partial charge in [-0.3, -0.25) is 23.5 Å². The van der Waals surface area contributed by atoms with E-state index in [9.17, 15) is 14.4 Å². The highest BCUT2D eigenvalue weighted by Gasteiger charge is 2.12. The second kappa shape index (κ2) is 8.36. The Labute approximate surface area is 172 Å². The fraction of sp³-hybridized carbons (Fsp3) is 0.190. The van der Waals surface area contributed by atoms with Crippen LogP contribution in [0.1, 0.15) is 11.1 Å². The summed E-state index contributed by atoms with van der Waals surface area (Å²) < 4.78 is 7.43. The Kier molecular flexibility index (Phi) is 5.89. The maximum absolute atomic E-state index is 12.6. The number of aromatic nitrogens is 2. The highest BCUT2D eigenvalue weighted by atomic mass is 35.5. The molecule has 0 bridgehead atoms. The minimum atomic E-state index is -0.781. The molecular weight excluding hydrogens is 394 g/mol. The van der Waals surface area contributed by atoms with E-state index in [0.29, 0.717) is 22.1 Å². The number of anilines is 1. The average Bonchev–Trinajstić information content (AvgIpc) is 2.68. The van der Waals surface area contributed by atoms with E-state index in [1.165, 1.54) is 24.1 Å². The molecule has 0 fully saturated rings.